The first-order valence-electron chi connectivity index (χ1n) is 4.25. The maximum Gasteiger partial charge on any atom is 0.335 e. The highest BCUT2D eigenvalue weighted by atomic mass is 35.5. The Bertz CT molecular complexity index is 427. The van der Waals surface area contributed by atoms with E-state index in [1.165, 1.54) is 13.3 Å². The van der Waals surface area contributed by atoms with Crippen molar-refractivity contribution in [3.63, 3.8) is 0 Å². The Morgan fingerprint density at radius 1 is 1.73 bits per heavy atom. The van der Waals surface area contributed by atoms with Crippen molar-refractivity contribution in [2.24, 2.45) is 0 Å². The molecule has 2 heterocycles. The van der Waals surface area contributed by atoms with Gasteiger partial charge in [0.25, 0.3) is 0 Å². The van der Waals surface area contributed by atoms with Crippen molar-refractivity contribution < 1.29 is 14.7 Å². The van der Waals surface area contributed by atoms with Crippen molar-refractivity contribution in [1.29, 1.82) is 0 Å². The Morgan fingerprint density at radius 3 is 3.13 bits per heavy atom. The number of hydrogen-bond acceptors (Lipinski definition) is 4. The van der Waals surface area contributed by atoms with Crippen LogP contribution in [0.25, 0.3) is 6.08 Å². The van der Waals surface area contributed by atoms with Crippen LogP contribution in [0.5, 0.6) is 0 Å². The third kappa shape index (κ3) is 1.49. The van der Waals surface area contributed by atoms with E-state index >= 15 is 0 Å². The number of hydroxylamine groups is 2. The van der Waals surface area contributed by atoms with E-state index in [2.05, 4.69) is 9.72 Å². The van der Waals surface area contributed by atoms with Crippen LogP contribution in [-0.4, -0.2) is 28.3 Å². The van der Waals surface area contributed by atoms with Crippen LogP contribution in [0.3, 0.4) is 0 Å². The second-order valence-electron chi connectivity index (χ2n) is 3.09. The Kier molecular flexibility index (Phi) is 2.42. The monoisotopic (exact) mass is 228 g/mol. The highest BCUT2D eigenvalue weighted by Crippen LogP contribution is 2.34. The molecule has 0 amide bonds. The van der Waals surface area contributed by atoms with Crippen LogP contribution in [0.15, 0.2) is 12.4 Å². The number of nitrogens with zero attached hydrogens (tertiary/aromatic N) is 1. The number of halogens is 1. The molecule has 0 aliphatic carbocycles. The molecule has 6 heteroatoms. The van der Waals surface area contributed by atoms with Crippen LogP contribution in [0.4, 0.5) is 0 Å². The lowest BCUT2D eigenvalue weighted by Crippen LogP contribution is -2.30. The molecule has 0 spiro atoms. The summed E-state index contributed by atoms with van der Waals surface area (Å²) in [6.07, 6.45) is 4.56. The summed E-state index contributed by atoms with van der Waals surface area (Å²) in [4.78, 5) is 14.4. The van der Waals surface area contributed by atoms with E-state index in [0.29, 0.717) is 16.3 Å². The van der Waals surface area contributed by atoms with Crippen LogP contribution in [0.1, 0.15) is 17.3 Å². The van der Waals surface area contributed by atoms with E-state index in [1.807, 2.05) is 0 Å². The van der Waals surface area contributed by atoms with Crippen LogP contribution in [0.2, 0.25) is 5.02 Å². The molecule has 1 aliphatic heterocycles. The van der Waals surface area contributed by atoms with Crippen molar-refractivity contribution in [2.45, 2.75) is 6.04 Å². The van der Waals surface area contributed by atoms with Gasteiger partial charge in [-0.05, 0) is 6.08 Å². The predicted octanol–water partition coefficient (Wildman–Crippen LogP) is 1.56. The quantitative estimate of drug-likeness (QED) is 0.716. The van der Waals surface area contributed by atoms with Gasteiger partial charge in [0.1, 0.15) is 0 Å². The Labute approximate surface area is 90.9 Å². The normalized spacial score (nSPS) is 18.9. The molecule has 2 N–H and O–H groups in total. The van der Waals surface area contributed by atoms with E-state index in [0.717, 1.165) is 5.06 Å². The molecule has 0 saturated carbocycles. The number of fused-ring (bicyclic) bond motifs is 1. The van der Waals surface area contributed by atoms with Crippen molar-refractivity contribution in [3.8, 4) is 0 Å². The minimum absolute atomic E-state index is 0.392. The molecule has 1 aromatic heterocycles. The minimum Gasteiger partial charge on any atom is -0.467 e. The molecule has 15 heavy (non-hydrogen) atoms. The van der Waals surface area contributed by atoms with Gasteiger partial charge in [0.15, 0.2) is 6.04 Å². The molecule has 0 fully saturated rings. The molecule has 1 atom stereocenters. The van der Waals surface area contributed by atoms with E-state index in [9.17, 15) is 10.0 Å². The number of methoxy groups -OCH3 is 1. The smallest absolute Gasteiger partial charge is 0.335 e. The second kappa shape index (κ2) is 3.60. The molecule has 80 valence electrons. The third-order valence-corrected chi connectivity index (χ3v) is 2.57. The zero-order valence-electron chi connectivity index (χ0n) is 7.90. The number of esters is 1. The van der Waals surface area contributed by atoms with Crippen LogP contribution < -0.4 is 0 Å². The maximum absolute atomic E-state index is 11.5. The Balaban J connectivity index is 2.50. The first kappa shape index (κ1) is 10.1. The summed E-state index contributed by atoms with van der Waals surface area (Å²) >= 11 is 5.91. The average Bonchev–Trinajstić information content (AvgIpc) is 2.60. The van der Waals surface area contributed by atoms with Crippen molar-refractivity contribution in [2.75, 3.05) is 7.11 Å². The number of nitrogens with one attached hydrogen (secondary N) is 1. The molecular weight excluding hydrogens is 220 g/mol. The molecule has 0 saturated heterocycles. The zero-order valence-corrected chi connectivity index (χ0v) is 8.65. The van der Waals surface area contributed by atoms with Crippen molar-refractivity contribution in [1.82, 2.24) is 10.0 Å². The first-order chi connectivity index (χ1) is 7.15. The fraction of sp³-hybridized carbons (Fsp3) is 0.222. The largest absolute Gasteiger partial charge is 0.467 e. The van der Waals surface area contributed by atoms with Gasteiger partial charge in [-0.15, -0.1) is 0 Å². The maximum atomic E-state index is 11.5. The molecule has 0 aromatic carbocycles. The van der Waals surface area contributed by atoms with E-state index in [1.54, 1.807) is 12.3 Å². The van der Waals surface area contributed by atoms with Gasteiger partial charge in [0, 0.05) is 23.7 Å². The minimum atomic E-state index is -0.909. The topological polar surface area (TPSA) is 65.6 Å². The van der Waals surface area contributed by atoms with Crippen LogP contribution >= 0.6 is 11.6 Å². The fourth-order valence-corrected chi connectivity index (χ4v) is 1.81. The first-order valence-corrected chi connectivity index (χ1v) is 4.63. The Morgan fingerprint density at radius 2 is 2.47 bits per heavy atom. The van der Waals surface area contributed by atoms with Crippen molar-refractivity contribution in [3.05, 3.63) is 28.7 Å². The number of H-pyrrole nitrogens is 1. The van der Waals surface area contributed by atoms with E-state index < -0.39 is 12.0 Å². The lowest BCUT2D eigenvalue weighted by Gasteiger charge is -2.25. The molecule has 0 bridgehead atoms. The number of carbonyl (C=O) groups excluding carboxylic acids is 1. The SMILES string of the molecule is COC(=O)C1c2c(Cl)c[nH]c2C=CN1O. The standard InChI is InChI=1S/C9H9ClN2O3/c1-15-9(13)8-7-5(10)4-11-6(7)2-3-12(8)14/h2-4,8,11,14H,1H3. The number of aromatic amines is 1. The lowest BCUT2D eigenvalue weighted by molar-refractivity contribution is -0.162. The van der Waals surface area contributed by atoms with Gasteiger partial charge in [-0.1, -0.05) is 11.6 Å². The predicted molar refractivity (Wildman–Crippen MR) is 53.2 cm³/mol. The lowest BCUT2D eigenvalue weighted by atomic mass is 10.0. The van der Waals surface area contributed by atoms with E-state index in [-0.39, 0.29) is 0 Å². The highest BCUT2D eigenvalue weighted by Gasteiger charge is 2.33. The van der Waals surface area contributed by atoms with Crippen LogP contribution in [0, 0.1) is 0 Å². The summed E-state index contributed by atoms with van der Waals surface area (Å²) < 4.78 is 4.59. The summed E-state index contributed by atoms with van der Waals surface area (Å²) in [5.41, 5.74) is 1.22. The molecule has 5 nitrogen and oxygen atoms in total. The number of aromatic nitrogens is 1. The summed E-state index contributed by atoms with van der Waals surface area (Å²) in [7, 11) is 1.26. The number of hydrogen-bond donors (Lipinski definition) is 2. The van der Waals surface area contributed by atoms with Gasteiger partial charge in [-0.3, -0.25) is 5.21 Å². The summed E-state index contributed by atoms with van der Waals surface area (Å²) in [6.45, 7) is 0. The van der Waals surface area contributed by atoms with Crippen molar-refractivity contribution >= 4 is 23.6 Å². The second-order valence-corrected chi connectivity index (χ2v) is 3.49. The zero-order chi connectivity index (χ0) is 11.0. The van der Waals surface area contributed by atoms with Gasteiger partial charge in [-0.25, -0.2) is 9.86 Å². The fourth-order valence-electron chi connectivity index (χ4n) is 1.55. The van der Waals surface area contributed by atoms with Gasteiger partial charge in [-0.2, -0.15) is 0 Å². The summed E-state index contributed by atoms with van der Waals surface area (Å²) in [5, 5.41) is 10.7. The Hall–Kier alpha value is -1.46. The van der Waals surface area contributed by atoms with Gasteiger partial charge in [0.05, 0.1) is 12.1 Å². The number of rotatable bonds is 1. The van der Waals surface area contributed by atoms with E-state index in [4.69, 9.17) is 11.6 Å². The number of carbonyl (C=O) groups is 1. The summed E-state index contributed by atoms with van der Waals surface area (Å²) in [6, 6.07) is -0.909. The van der Waals surface area contributed by atoms with Gasteiger partial charge in [0.2, 0.25) is 0 Å². The molecule has 1 aliphatic rings. The number of ether oxygens (including phenoxy) is 1. The van der Waals surface area contributed by atoms with Gasteiger partial charge < -0.3 is 9.72 Å². The molecule has 2 rings (SSSR count). The molecule has 1 unspecified atom stereocenters. The highest BCUT2D eigenvalue weighted by molar-refractivity contribution is 6.31. The van der Waals surface area contributed by atoms with Gasteiger partial charge >= 0.3 is 5.97 Å². The van der Waals surface area contributed by atoms with Crippen LogP contribution in [-0.2, 0) is 9.53 Å². The molecular formula is C9H9ClN2O3. The summed E-state index contributed by atoms with van der Waals surface area (Å²) in [5.74, 6) is -0.565. The molecule has 1 aromatic rings. The molecule has 0 radical (unpaired) electrons. The third-order valence-electron chi connectivity index (χ3n) is 2.26. The average molecular weight is 229 g/mol.